The second-order valence-corrected chi connectivity index (χ2v) is 7.66. The third-order valence-corrected chi connectivity index (χ3v) is 5.88. The number of hydrogen-bond donors (Lipinski definition) is 2. The number of rotatable bonds is 4. The molecule has 0 spiro atoms. The summed E-state index contributed by atoms with van der Waals surface area (Å²) in [5.74, 6) is 0.220. The second kappa shape index (κ2) is 7.84. The topological polar surface area (TPSA) is 61.8 Å². The smallest absolute Gasteiger partial charge is 0.317 e. The molecule has 3 fully saturated rings. The molecule has 2 saturated carbocycles. The van der Waals surface area contributed by atoms with E-state index in [0.717, 1.165) is 25.8 Å². The predicted molar refractivity (Wildman–Crippen MR) is 89.3 cm³/mol. The molecule has 132 valence electrons. The van der Waals surface area contributed by atoms with Gasteiger partial charge in [-0.15, -0.1) is 0 Å². The van der Waals surface area contributed by atoms with Crippen molar-refractivity contribution in [2.75, 3.05) is 13.1 Å². The van der Waals surface area contributed by atoms with Crippen LogP contribution in [0.2, 0.25) is 0 Å². The van der Waals surface area contributed by atoms with Crippen LogP contribution in [-0.2, 0) is 4.74 Å². The molecule has 2 N–H and O–H groups in total. The third kappa shape index (κ3) is 4.38. The van der Waals surface area contributed by atoms with Gasteiger partial charge in [0.1, 0.15) is 0 Å². The second-order valence-electron chi connectivity index (χ2n) is 7.66. The number of amides is 2. The number of hydrogen-bond acceptors (Lipinski definition) is 3. The zero-order valence-corrected chi connectivity index (χ0v) is 14.4. The van der Waals surface area contributed by atoms with Gasteiger partial charge in [-0.3, -0.25) is 0 Å². The maximum Gasteiger partial charge on any atom is 0.317 e. The van der Waals surface area contributed by atoms with Crippen molar-refractivity contribution in [3.05, 3.63) is 0 Å². The van der Waals surface area contributed by atoms with E-state index in [0.29, 0.717) is 12.6 Å². The van der Waals surface area contributed by atoms with Crippen molar-refractivity contribution in [2.24, 2.45) is 5.92 Å². The van der Waals surface area contributed by atoms with Crippen LogP contribution >= 0.6 is 0 Å². The van der Waals surface area contributed by atoms with E-state index in [-0.39, 0.29) is 30.2 Å². The molecule has 1 aliphatic heterocycles. The van der Waals surface area contributed by atoms with Crippen molar-refractivity contribution in [1.82, 2.24) is 10.2 Å². The highest BCUT2D eigenvalue weighted by molar-refractivity contribution is 5.75. The van der Waals surface area contributed by atoms with Gasteiger partial charge in [0.25, 0.3) is 0 Å². The molecule has 3 aliphatic rings. The maximum atomic E-state index is 12.5. The van der Waals surface area contributed by atoms with Gasteiger partial charge < -0.3 is 20.1 Å². The summed E-state index contributed by atoms with van der Waals surface area (Å²) in [7, 11) is 0. The number of nitrogens with zero attached hydrogens (tertiary/aromatic N) is 1. The minimum atomic E-state index is -0.332. The normalized spacial score (nSPS) is 33.8. The maximum absolute atomic E-state index is 12.5. The summed E-state index contributed by atoms with van der Waals surface area (Å²) in [5.41, 5.74) is 0. The predicted octanol–water partition coefficient (Wildman–Crippen LogP) is 2.67. The number of aliphatic hydroxyl groups excluding tert-OH is 1. The zero-order chi connectivity index (χ0) is 16.2. The van der Waals surface area contributed by atoms with Gasteiger partial charge in [0.15, 0.2) is 0 Å². The number of likely N-dealkylation sites (tertiary alicyclic amines) is 1. The van der Waals surface area contributed by atoms with Crippen LogP contribution in [0.3, 0.4) is 0 Å². The van der Waals surface area contributed by atoms with E-state index in [1.807, 2.05) is 11.8 Å². The molecule has 5 nitrogen and oxygen atoms in total. The van der Waals surface area contributed by atoms with Gasteiger partial charge in [0.05, 0.1) is 24.4 Å². The molecule has 1 saturated heterocycles. The molecular formula is C18H32N2O3. The molecule has 0 aromatic rings. The summed E-state index contributed by atoms with van der Waals surface area (Å²) in [4.78, 5) is 14.4. The standard InChI is InChI=1S/C18H32N2O3/c1-13(21)14-10-11-20(12-14)18(22)19-16-8-4-5-9-17(16)23-15-6-2-3-7-15/h13-17,21H,2-12H2,1H3,(H,19,22)/t13-,14+,16-,17-/m0/s1. The summed E-state index contributed by atoms with van der Waals surface area (Å²) in [6.07, 6.45) is 10.6. The van der Waals surface area contributed by atoms with Gasteiger partial charge in [-0.1, -0.05) is 25.7 Å². The van der Waals surface area contributed by atoms with E-state index in [1.54, 1.807) is 0 Å². The number of carbonyl (C=O) groups is 1. The molecule has 2 amide bonds. The van der Waals surface area contributed by atoms with Crippen molar-refractivity contribution >= 4 is 6.03 Å². The lowest BCUT2D eigenvalue weighted by Crippen LogP contribution is -2.51. The average molecular weight is 324 g/mol. The molecule has 0 unspecified atom stereocenters. The first kappa shape index (κ1) is 17.0. The Morgan fingerprint density at radius 2 is 1.83 bits per heavy atom. The molecule has 2 aliphatic carbocycles. The summed E-state index contributed by atoms with van der Waals surface area (Å²) in [5, 5.41) is 12.9. The molecule has 0 aromatic heterocycles. The molecule has 3 rings (SSSR count). The van der Waals surface area contributed by atoms with E-state index in [1.165, 1.54) is 38.5 Å². The lowest BCUT2D eigenvalue weighted by Gasteiger charge is -2.35. The lowest BCUT2D eigenvalue weighted by atomic mass is 9.92. The van der Waals surface area contributed by atoms with Crippen molar-refractivity contribution in [3.63, 3.8) is 0 Å². The minimum Gasteiger partial charge on any atom is -0.393 e. The number of nitrogens with one attached hydrogen (secondary N) is 1. The number of carbonyl (C=O) groups excluding carboxylic acids is 1. The van der Waals surface area contributed by atoms with Gasteiger partial charge in [0, 0.05) is 19.0 Å². The van der Waals surface area contributed by atoms with E-state index in [2.05, 4.69) is 5.32 Å². The van der Waals surface area contributed by atoms with Gasteiger partial charge >= 0.3 is 6.03 Å². The number of ether oxygens (including phenoxy) is 1. The van der Waals surface area contributed by atoms with Crippen molar-refractivity contribution in [3.8, 4) is 0 Å². The number of urea groups is 1. The Morgan fingerprint density at radius 1 is 1.13 bits per heavy atom. The molecule has 23 heavy (non-hydrogen) atoms. The van der Waals surface area contributed by atoms with Crippen LogP contribution in [0.1, 0.15) is 64.7 Å². The first-order valence-corrected chi connectivity index (χ1v) is 9.52. The van der Waals surface area contributed by atoms with Crippen LogP contribution in [0.5, 0.6) is 0 Å². The average Bonchev–Trinajstić information content (AvgIpc) is 3.20. The first-order chi connectivity index (χ1) is 11.1. The zero-order valence-electron chi connectivity index (χ0n) is 14.4. The Kier molecular flexibility index (Phi) is 5.81. The van der Waals surface area contributed by atoms with E-state index in [9.17, 15) is 9.90 Å². The fourth-order valence-electron chi connectivity index (χ4n) is 4.31. The van der Waals surface area contributed by atoms with Crippen molar-refractivity contribution in [1.29, 1.82) is 0 Å². The van der Waals surface area contributed by atoms with Gasteiger partial charge in [0.2, 0.25) is 0 Å². The van der Waals surface area contributed by atoms with Crippen LogP contribution in [-0.4, -0.2) is 53.5 Å². The summed E-state index contributed by atoms with van der Waals surface area (Å²) >= 11 is 0. The Balaban J connectivity index is 1.51. The van der Waals surface area contributed by atoms with Gasteiger partial charge in [-0.05, 0) is 39.0 Å². The molecule has 0 aromatic carbocycles. The Hall–Kier alpha value is -0.810. The van der Waals surface area contributed by atoms with Crippen LogP contribution in [0.15, 0.2) is 0 Å². The Morgan fingerprint density at radius 3 is 2.52 bits per heavy atom. The molecule has 4 atom stereocenters. The monoisotopic (exact) mass is 324 g/mol. The highest BCUT2D eigenvalue weighted by Gasteiger charge is 2.34. The minimum absolute atomic E-state index is 0.0278. The summed E-state index contributed by atoms with van der Waals surface area (Å²) in [6.45, 7) is 3.24. The molecule has 0 radical (unpaired) electrons. The third-order valence-electron chi connectivity index (χ3n) is 5.88. The Bertz CT molecular complexity index is 396. The van der Waals surface area contributed by atoms with Crippen molar-refractivity contribution in [2.45, 2.75) is 89.1 Å². The van der Waals surface area contributed by atoms with Crippen LogP contribution in [0, 0.1) is 5.92 Å². The van der Waals surface area contributed by atoms with Crippen LogP contribution in [0.25, 0.3) is 0 Å². The Labute approximate surface area is 139 Å². The van der Waals surface area contributed by atoms with E-state index < -0.39 is 0 Å². The van der Waals surface area contributed by atoms with Gasteiger partial charge in [-0.25, -0.2) is 4.79 Å². The fourth-order valence-corrected chi connectivity index (χ4v) is 4.31. The molecule has 1 heterocycles. The highest BCUT2D eigenvalue weighted by atomic mass is 16.5. The number of aliphatic hydroxyl groups is 1. The largest absolute Gasteiger partial charge is 0.393 e. The molecule has 0 bridgehead atoms. The fraction of sp³-hybridized carbons (Fsp3) is 0.944. The van der Waals surface area contributed by atoms with Crippen LogP contribution < -0.4 is 5.32 Å². The quantitative estimate of drug-likeness (QED) is 0.836. The first-order valence-electron chi connectivity index (χ1n) is 9.52. The van der Waals surface area contributed by atoms with E-state index >= 15 is 0 Å². The SMILES string of the molecule is C[C@H](O)[C@@H]1CCN(C(=O)N[C@H]2CCCC[C@@H]2OC2CCCC2)C1. The molecule has 5 heteroatoms. The lowest BCUT2D eigenvalue weighted by molar-refractivity contribution is -0.0416. The highest BCUT2D eigenvalue weighted by Crippen LogP contribution is 2.28. The van der Waals surface area contributed by atoms with E-state index in [4.69, 9.17) is 4.74 Å². The van der Waals surface area contributed by atoms with Crippen LogP contribution in [0.4, 0.5) is 4.79 Å². The summed E-state index contributed by atoms with van der Waals surface area (Å²) in [6, 6.07) is 0.183. The van der Waals surface area contributed by atoms with Gasteiger partial charge in [-0.2, -0.15) is 0 Å². The van der Waals surface area contributed by atoms with Crippen molar-refractivity contribution < 1.29 is 14.6 Å². The summed E-state index contributed by atoms with van der Waals surface area (Å²) < 4.78 is 6.31. The molecular weight excluding hydrogens is 292 g/mol.